The lowest BCUT2D eigenvalue weighted by Crippen LogP contribution is -2.44. The molecule has 0 aromatic rings. The predicted molar refractivity (Wildman–Crippen MR) is 62.8 cm³/mol. The SMILES string of the molecule is CC1CCC(O)CC1N(C)CC1(C)CC1. The number of aliphatic hydroxyl groups excluding tert-OH is 1. The minimum atomic E-state index is -0.0549. The fourth-order valence-electron chi connectivity index (χ4n) is 2.98. The molecule has 2 aliphatic carbocycles. The Morgan fingerprint density at radius 2 is 2.00 bits per heavy atom. The molecular formula is C13H25NO. The van der Waals surface area contributed by atoms with Crippen LogP contribution in [-0.4, -0.2) is 35.7 Å². The molecule has 0 aromatic carbocycles. The Hall–Kier alpha value is -0.0800. The number of hydrogen-bond acceptors (Lipinski definition) is 2. The first-order chi connectivity index (χ1) is 7.00. The maximum atomic E-state index is 9.73. The number of hydrogen-bond donors (Lipinski definition) is 1. The zero-order valence-corrected chi connectivity index (χ0v) is 10.4. The van der Waals surface area contributed by atoms with Crippen LogP contribution < -0.4 is 0 Å². The third kappa shape index (κ3) is 2.73. The van der Waals surface area contributed by atoms with Gasteiger partial charge in [0.1, 0.15) is 0 Å². The van der Waals surface area contributed by atoms with Crippen LogP contribution in [0.4, 0.5) is 0 Å². The Morgan fingerprint density at radius 1 is 1.33 bits per heavy atom. The van der Waals surface area contributed by atoms with Crippen molar-refractivity contribution >= 4 is 0 Å². The van der Waals surface area contributed by atoms with E-state index in [9.17, 15) is 5.11 Å². The van der Waals surface area contributed by atoms with E-state index >= 15 is 0 Å². The van der Waals surface area contributed by atoms with Crippen LogP contribution in [0, 0.1) is 11.3 Å². The van der Waals surface area contributed by atoms with Crippen molar-refractivity contribution in [2.24, 2.45) is 11.3 Å². The molecule has 0 bridgehead atoms. The molecule has 0 aromatic heterocycles. The van der Waals surface area contributed by atoms with Gasteiger partial charge in [0.15, 0.2) is 0 Å². The van der Waals surface area contributed by atoms with E-state index in [1.54, 1.807) is 0 Å². The molecule has 1 N–H and O–H groups in total. The van der Waals surface area contributed by atoms with Gasteiger partial charge in [0.2, 0.25) is 0 Å². The molecule has 0 saturated heterocycles. The molecule has 3 atom stereocenters. The van der Waals surface area contributed by atoms with Gasteiger partial charge >= 0.3 is 0 Å². The summed E-state index contributed by atoms with van der Waals surface area (Å²) < 4.78 is 0. The van der Waals surface area contributed by atoms with Crippen LogP contribution in [0.15, 0.2) is 0 Å². The summed E-state index contributed by atoms with van der Waals surface area (Å²) in [5, 5.41) is 9.73. The van der Waals surface area contributed by atoms with Gasteiger partial charge < -0.3 is 10.0 Å². The maximum absolute atomic E-state index is 9.73. The van der Waals surface area contributed by atoms with E-state index in [1.165, 1.54) is 25.8 Å². The highest BCUT2D eigenvalue weighted by atomic mass is 16.3. The van der Waals surface area contributed by atoms with Crippen molar-refractivity contribution in [1.29, 1.82) is 0 Å². The number of nitrogens with zero attached hydrogens (tertiary/aromatic N) is 1. The van der Waals surface area contributed by atoms with E-state index in [0.717, 1.165) is 18.8 Å². The first-order valence-corrected chi connectivity index (χ1v) is 6.38. The number of aliphatic hydroxyl groups is 1. The highest BCUT2D eigenvalue weighted by molar-refractivity contribution is 4.93. The molecule has 2 saturated carbocycles. The van der Waals surface area contributed by atoms with Gasteiger partial charge in [0.05, 0.1) is 6.10 Å². The van der Waals surface area contributed by atoms with E-state index in [1.807, 2.05) is 0 Å². The fraction of sp³-hybridized carbons (Fsp3) is 1.00. The van der Waals surface area contributed by atoms with Gasteiger partial charge in [-0.3, -0.25) is 0 Å². The Bertz CT molecular complexity index is 225. The monoisotopic (exact) mass is 211 g/mol. The lowest BCUT2D eigenvalue weighted by Gasteiger charge is -2.39. The molecule has 0 spiro atoms. The molecule has 2 nitrogen and oxygen atoms in total. The van der Waals surface area contributed by atoms with Crippen molar-refractivity contribution in [3.8, 4) is 0 Å². The summed E-state index contributed by atoms with van der Waals surface area (Å²) >= 11 is 0. The molecule has 0 radical (unpaired) electrons. The Morgan fingerprint density at radius 3 is 2.60 bits per heavy atom. The Labute approximate surface area is 93.7 Å². The van der Waals surface area contributed by atoms with Crippen LogP contribution in [0.1, 0.15) is 46.0 Å². The maximum Gasteiger partial charge on any atom is 0.0555 e. The van der Waals surface area contributed by atoms with Crippen LogP contribution in [0.2, 0.25) is 0 Å². The van der Waals surface area contributed by atoms with Crippen LogP contribution in [0.5, 0.6) is 0 Å². The quantitative estimate of drug-likeness (QED) is 0.774. The lowest BCUT2D eigenvalue weighted by molar-refractivity contribution is 0.0366. The van der Waals surface area contributed by atoms with E-state index in [0.29, 0.717) is 11.5 Å². The van der Waals surface area contributed by atoms with Crippen molar-refractivity contribution in [3.63, 3.8) is 0 Å². The summed E-state index contributed by atoms with van der Waals surface area (Å²) in [5.41, 5.74) is 0.594. The summed E-state index contributed by atoms with van der Waals surface area (Å²) in [6.07, 6.45) is 5.89. The van der Waals surface area contributed by atoms with Crippen molar-refractivity contribution < 1.29 is 5.11 Å². The standard InChI is InChI=1S/C13H25NO/c1-10-4-5-11(15)8-12(10)14(3)9-13(2)6-7-13/h10-12,15H,4-9H2,1-3H3. The highest BCUT2D eigenvalue weighted by Crippen LogP contribution is 2.46. The summed E-state index contributed by atoms with van der Waals surface area (Å²) in [6, 6.07) is 0.603. The molecule has 0 amide bonds. The molecule has 2 aliphatic rings. The first kappa shape index (κ1) is 11.4. The molecular weight excluding hydrogens is 186 g/mol. The third-order valence-corrected chi connectivity index (χ3v) is 4.43. The smallest absolute Gasteiger partial charge is 0.0555 e. The third-order valence-electron chi connectivity index (χ3n) is 4.43. The highest BCUT2D eigenvalue weighted by Gasteiger charge is 2.40. The molecule has 2 rings (SSSR count). The second-order valence-corrected chi connectivity index (χ2v) is 6.24. The van der Waals surface area contributed by atoms with Crippen LogP contribution in [-0.2, 0) is 0 Å². The molecule has 88 valence electrons. The minimum absolute atomic E-state index is 0.0549. The summed E-state index contributed by atoms with van der Waals surface area (Å²) in [4.78, 5) is 2.50. The van der Waals surface area contributed by atoms with Gasteiger partial charge in [0, 0.05) is 12.6 Å². The van der Waals surface area contributed by atoms with Crippen LogP contribution in [0.25, 0.3) is 0 Å². The van der Waals surface area contributed by atoms with Crippen LogP contribution >= 0.6 is 0 Å². The molecule has 0 heterocycles. The average Bonchev–Trinajstić information content (AvgIpc) is 2.87. The summed E-state index contributed by atoms with van der Waals surface area (Å²) in [5.74, 6) is 0.751. The molecule has 2 heteroatoms. The second-order valence-electron chi connectivity index (χ2n) is 6.24. The number of rotatable bonds is 3. The topological polar surface area (TPSA) is 23.5 Å². The van der Waals surface area contributed by atoms with Gasteiger partial charge in [-0.1, -0.05) is 13.8 Å². The summed E-state index contributed by atoms with van der Waals surface area (Å²) in [6.45, 7) is 5.93. The largest absolute Gasteiger partial charge is 0.393 e. The Kier molecular flexibility index (Phi) is 3.09. The molecule has 3 unspecified atom stereocenters. The summed E-state index contributed by atoms with van der Waals surface area (Å²) in [7, 11) is 2.24. The zero-order valence-electron chi connectivity index (χ0n) is 10.4. The lowest BCUT2D eigenvalue weighted by atomic mass is 9.83. The zero-order chi connectivity index (χ0) is 11.1. The molecule has 2 fully saturated rings. The first-order valence-electron chi connectivity index (χ1n) is 6.38. The van der Waals surface area contributed by atoms with Gasteiger partial charge in [-0.15, -0.1) is 0 Å². The predicted octanol–water partition coefficient (Wildman–Crippen LogP) is 2.27. The van der Waals surface area contributed by atoms with Gasteiger partial charge in [-0.05, 0) is 50.5 Å². The average molecular weight is 211 g/mol. The van der Waals surface area contributed by atoms with Crippen molar-refractivity contribution in [3.05, 3.63) is 0 Å². The van der Waals surface area contributed by atoms with Crippen molar-refractivity contribution in [1.82, 2.24) is 4.90 Å². The van der Waals surface area contributed by atoms with E-state index < -0.39 is 0 Å². The van der Waals surface area contributed by atoms with Gasteiger partial charge in [0.25, 0.3) is 0 Å². The van der Waals surface area contributed by atoms with E-state index in [2.05, 4.69) is 25.8 Å². The van der Waals surface area contributed by atoms with E-state index in [-0.39, 0.29) is 6.10 Å². The minimum Gasteiger partial charge on any atom is -0.393 e. The van der Waals surface area contributed by atoms with Gasteiger partial charge in [-0.25, -0.2) is 0 Å². The van der Waals surface area contributed by atoms with Crippen molar-refractivity contribution in [2.45, 2.75) is 58.1 Å². The van der Waals surface area contributed by atoms with E-state index in [4.69, 9.17) is 0 Å². The van der Waals surface area contributed by atoms with Gasteiger partial charge in [-0.2, -0.15) is 0 Å². The normalized spacial score (nSPS) is 39.4. The molecule has 0 aliphatic heterocycles. The molecule has 15 heavy (non-hydrogen) atoms. The van der Waals surface area contributed by atoms with Crippen LogP contribution in [0.3, 0.4) is 0 Å². The second kappa shape index (κ2) is 4.06. The van der Waals surface area contributed by atoms with Crippen molar-refractivity contribution in [2.75, 3.05) is 13.6 Å². The fourth-order valence-corrected chi connectivity index (χ4v) is 2.98. The Balaban J connectivity index is 1.89.